The highest BCUT2D eigenvalue weighted by Gasteiger charge is 2.44. The Labute approximate surface area is 179 Å². The van der Waals surface area contributed by atoms with E-state index in [0.29, 0.717) is 35.0 Å². The summed E-state index contributed by atoms with van der Waals surface area (Å²) in [5.74, 6) is -0.209. The van der Waals surface area contributed by atoms with Gasteiger partial charge in [0.25, 0.3) is 5.89 Å². The summed E-state index contributed by atoms with van der Waals surface area (Å²) < 4.78 is 11.5. The van der Waals surface area contributed by atoms with Crippen LogP contribution in [0.2, 0.25) is 5.02 Å². The van der Waals surface area contributed by atoms with Crippen LogP contribution >= 0.6 is 11.6 Å². The van der Waals surface area contributed by atoms with Crippen LogP contribution in [0.1, 0.15) is 61.2 Å². The highest BCUT2D eigenvalue weighted by Crippen LogP contribution is 2.48. The standard InChI is InChI=1S/C21H25ClN4O4/c1-26(12-5-9-29-10-6-12)19(27)18-23-14-11-13(22)16-15(17(14)30-18)21(25-20(28)24-16)7-3-2-4-8-21/h11-12H,2-10H2,1H3,(H2,24,25,28). The van der Waals surface area contributed by atoms with E-state index in [0.717, 1.165) is 50.5 Å². The third kappa shape index (κ3) is 3.13. The van der Waals surface area contributed by atoms with Gasteiger partial charge in [0.1, 0.15) is 5.52 Å². The zero-order valence-corrected chi connectivity index (χ0v) is 17.7. The summed E-state index contributed by atoms with van der Waals surface area (Å²) in [4.78, 5) is 31.6. The molecule has 0 unspecified atom stereocenters. The number of amides is 3. The smallest absolute Gasteiger partial charge is 0.319 e. The molecule has 2 fully saturated rings. The number of benzene rings is 1. The van der Waals surface area contributed by atoms with Gasteiger partial charge in [-0.15, -0.1) is 0 Å². The van der Waals surface area contributed by atoms with Gasteiger partial charge < -0.3 is 24.7 Å². The third-order valence-corrected chi connectivity index (χ3v) is 6.95. The van der Waals surface area contributed by atoms with Crippen molar-refractivity contribution >= 4 is 40.3 Å². The fourth-order valence-electron chi connectivity index (χ4n) is 5.05. The van der Waals surface area contributed by atoms with Gasteiger partial charge in [-0.2, -0.15) is 0 Å². The van der Waals surface area contributed by atoms with E-state index in [1.54, 1.807) is 18.0 Å². The fraction of sp³-hybridized carbons (Fsp3) is 0.571. The molecular weight excluding hydrogens is 408 g/mol. The van der Waals surface area contributed by atoms with Gasteiger partial charge in [-0.1, -0.05) is 30.9 Å². The lowest BCUT2D eigenvalue weighted by atomic mass is 9.74. The quantitative estimate of drug-likeness (QED) is 0.746. The third-order valence-electron chi connectivity index (χ3n) is 6.65. The lowest BCUT2D eigenvalue weighted by molar-refractivity contribution is 0.0341. The average molecular weight is 433 g/mol. The molecule has 3 amide bonds. The number of carbonyl (C=O) groups excluding carboxylic acids is 2. The second-order valence-corrected chi connectivity index (χ2v) is 8.86. The van der Waals surface area contributed by atoms with Crippen LogP contribution in [0.4, 0.5) is 10.5 Å². The van der Waals surface area contributed by atoms with Crippen molar-refractivity contribution in [2.75, 3.05) is 25.6 Å². The topological polar surface area (TPSA) is 96.7 Å². The number of carbonyl (C=O) groups is 2. The number of aromatic nitrogens is 1. The van der Waals surface area contributed by atoms with E-state index in [1.807, 2.05) is 0 Å². The van der Waals surface area contributed by atoms with Gasteiger partial charge in [0, 0.05) is 31.9 Å². The Morgan fingerprint density at radius 3 is 2.73 bits per heavy atom. The summed E-state index contributed by atoms with van der Waals surface area (Å²) in [6.07, 6.45) is 6.32. The first-order valence-corrected chi connectivity index (χ1v) is 10.9. The van der Waals surface area contributed by atoms with Crippen LogP contribution in [-0.2, 0) is 10.3 Å². The van der Waals surface area contributed by atoms with E-state index in [4.69, 9.17) is 20.8 Å². The van der Waals surface area contributed by atoms with E-state index < -0.39 is 5.54 Å². The van der Waals surface area contributed by atoms with E-state index in [9.17, 15) is 9.59 Å². The maximum atomic E-state index is 13.1. The summed E-state index contributed by atoms with van der Waals surface area (Å²) in [5, 5.41) is 6.35. The highest BCUT2D eigenvalue weighted by molar-refractivity contribution is 6.35. The van der Waals surface area contributed by atoms with E-state index in [-0.39, 0.29) is 23.9 Å². The van der Waals surface area contributed by atoms with Gasteiger partial charge in [0.2, 0.25) is 0 Å². The number of anilines is 1. The first-order chi connectivity index (χ1) is 14.5. The van der Waals surface area contributed by atoms with Crippen molar-refractivity contribution in [1.29, 1.82) is 0 Å². The number of nitrogens with one attached hydrogen (secondary N) is 2. The molecule has 0 bridgehead atoms. The van der Waals surface area contributed by atoms with E-state index in [1.165, 1.54) is 0 Å². The molecule has 2 N–H and O–H groups in total. The van der Waals surface area contributed by atoms with Crippen LogP contribution in [0.3, 0.4) is 0 Å². The molecule has 5 rings (SSSR count). The zero-order valence-electron chi connectivity index (χ0n) is 16.9. The van der Waals surface area contributed by atoms with Crippen molar-refractivity contribution in [3.05, 3.63) is 22.5 Å². The molecule has 2 aliphatic heterocycles. The minimum Gasteiger partial charge on any atom is -0.432 e. The molecule has 0 radical (unpaired) electrons. The molecule has 1 aromatic heterocycles. The number of nitrogens with zero attached hydrogens (tertiary/aromatic N) is 2. The van der Waals surface area contributed by atoms with Gasteiger partial charge in [0.15, 0.2) is 5.58 Å². The number of fused-ring (bicyclic) bond motifs is 4. The molecule has 160 valence electrons. The van der Waals surface area contributed by atoms with Gasteiger partial charge in [0.05, 0.1) is 16.2 Å². The Morgan fingerprint density at radius 2 is 2.00 bits per heavy atom. The number of ether oxygens (including phenoxy) is 1. The molecule has 1 spiro atoms. The largest absolute Gasteiger partial charge is 0.432 e. The van der Waals surface area contributed by atoms with Crippen LogP contribution < -0.4 is 10.6 Å². The predicted molar refractivity (Wildman–Crippen MR) is 112 cm³/mol. The van der Waals surface area contributed by atoms with E-state index in [2.05, 4.69) is 15.6 Å². The van der Waals surface area contributed by atoms with Crippen LogP contribution in [-0.4, -0.2) is 48.1 Å². The van der Waals surface area contributed by atoms with Gasteiger partial charge >= 0.3 is 11.9 Å². The second kappa shape index (κ2) is 7.42. The molecule has 1 saturated carbocycles. The Kier molecular flexibility index (Phi) is 4.86. The monoisotopic (exact) mass is 432 g/mol. The van der Waals surface area contributed by atoms with Crippen molar-refractivity contribution < 1.29 is 18.7 Å². The number of urea groups is 1. The minimum atomic E-state index is -0.550. The van der Waals surface area contributed by atoms with Gasteiger partial charge in [-0.05, 0) is 31.7 Å². The maximum Gasteiger partial charge on any atom is 0.319 e. The molecule has 9 heteroatoms. The first-order valence-electron chi connectivity index (χ1n) is 10.6. The van der Waals surface area contributed by atoms with Gasteiger partial charge in [-0.25, -0.2) is 9.78 Å². The van der Waals surface area contributed by atoms with E-state index >= 15 is 0 Å². The summed E-state index contributed by atoms with van der Waals surface area (Å²) in [5.41, 5.74) is 1.87. The molecule has 8 nitrogen and oxygen atoms in total. The SMILES string of the molecule is CN(C(=O)c1nc2cc(Cl)c3c(c2o1)C1(CCCCC1)NC(=O)N3)C1CCOCC1. The minimum absolute atomic E-state index is 0.0475. The van der Waals surface area contributed by atoms with Gasteiger partial charge in [-0.3, -0.25) is 4.79 Å². The number of hydrogen-bond acceptors (Lipinski definition) is 5. The van der Waals surface area contributed by atoms with Crippen LogP contribution in [0.5, 0.6) is 0 Å². The molecule has 2 aromatic rings. The first kappa shape index (κ1) is 19.6. The zero-order chi connectivity index (χ0) is 20.9. The molecule has 1 aromatic carbocycles. The van der Waals surface area contributed by atoms with Crippen molar-refractivity contribution in [2.45, 2.75) is 56.5 Å². The Hall–Kier alpha value is -2.32. The normalized spacial score (nSPS) is 21.2. The fourth-order valence-corrected chi connectivity index (χ4v) is 5.29. The molecule has 3 aliphatic rings. The van der Waals surface area contributed by atoms with Crippen LogP contribution in [0.25, 0.3) is 11.1 Å². The average Bonchev–Trinajstić information content (AvgIpc) is 3.17. The van der Waals surface area contributed by atoms with Crippen molar-refractivity contribution in [3.8, 4) is 0 Å². The number of hydrogen-bond donors (Lipinski definition) is 2. The van der Waals surface area contributed by atoms with Crippen molar-refractivity contribution in [3.63, 3.8) is 0 Å². The molecular formula is C21H25ClN4O4. The second-order valence-electron chi connectivity index (χ2n) is 8.46. The summed E-state index contributed by atoms with van der Waals surface area (Å²) in [7, 11) is 1.78. The number of rotatable bonds is 2. The number of halogens is 1. The summed E-state index contributed by atoms with van der Waals surface area (Å²) in [6, 6.07) is 1.50. The molecule has 3 heterocycles. The molecule has 1 saturated heterocycles. The maximum absolute atomic E-state index is 13.1. The van der Waals surface area contributed by atoms with Crippen LogP contribution in [0.15, 0.2) is 10.5 Å². The Morgan fingerprint density at radius 1 is 1.27 bits per heavy atom. The predicted octanol–water partition coefficient (Wildman–Crippen LogP) is 4.03. The highest BCUT2D eigenvalue weighted by atomic mass is 35.5. The summed E-state index contributed by atoms with van der Waals surface area (Å²) >= 11 is 6.53. The Balaban J connectivity index is 1.59. The lowest BCUT2D eigenvalue weighted by Gasteiger charge is -2.42. The lowest BCUT2D eigenvalue weighted by Crippen LogP contribution is -2.52. The molecule has 0 atom stereocenters. The molecule has 30 heavy (non-hydrogen) atoms. The summed E-state index contributed by atoms with van der Waals surface area (Å²) in [6.45, 7) is 1.29. The van der Waals surface area contributed by atoms with Crippen molar-refractivity contribution in [2.24, 2.45) is 0 Å². The molecule has 1 aliphatic carbocycles. The number of oxazole rings is 1. The Bertz CT molecular complexity index is 1010. The van der Waals surface area contributed by atoms with Crippen LogP contribution in [0, 0.1) is 0 Å². The van der Waals surface area contributed by atoms with Crippen molar-refractivity contribution in [1.82, 2.24) is 15.2 Å².